The average Bonchev–Trinajstić information content (AvgIpc) is 2.86. The highest BCUT2D eigenvalue weighted by Gasteiger charge is 2.08. The Balaban J connectivity index is 1.98. The third kappa shape index (κ3) is 3.42. The molecule has 0 aliphatic heterocycles. The molecule has 1 aromatic heterocycles. The van der Waals surface area contributed by atoms with Crippen LogP contribution >= 0.6 is 0 Å². The number of rotatable bonds is 6. The third-order valence-corrected chi connectivity index (χ3v) is 2.80. The summed E-state index contributed by atoms with van der Waals surface area (Å²) >= 11 is 0. The molecule has 4 nitrogen and oxygen atoms in total. The molecule has 2 aromatic rings. The first kappa shape index (κ1) is 12.8. The molecule has 0 amide bonds. The molecule has 0 aliphatic carbocycles. The molecule has 0 aliphatic rings. The molecule has 1 heterocycles. The van der Waals surface area contributed by atoms with Crippen LogP contribution in [0, 0.1) is 0 Å². The van der Waals surface area contributed by atoms with Crippen molar-refractivity contribution >= 4 is 0 Å². The second-order valence-corrected chi connectivity index (χ2v) is 4.42. The summed E-state index contributed by atoms with van der Waals surface area (Å²) in [6.45, 7) is 2.45. The lowest BCUT2D eigenvalue weighted by atomic mass is 10.1. The van der Waals surface area contributed by atoms with Gasteiger partial charge in [-0.25, -0.2) is 0 Å². The molecule has 0 bridgehead atoms. The largest absolute Gasteiger partial charge is 0.359 e. The summed E-state index contributed by atoms with van der Waals surface area (Å²) in [7, 11) is 2.06. The minimum absolute atomic E-state index is 0.718. The van der Waals surface area contributed by atoms with E-state index in [-0.39, 0.29) is 0 Å². The summed E-state index contributed by atoms with van der Waals surface area (Å²) in [5.41, 5.74) is 7.46. The normalized spacial score (nSPS) is 11.1. The van der Waals surface area contributed by atoms with Gasteiger partial charge in [0.15, 0.2) is 5.76 Å². The van der Waals surface area contributed by atoms with Crippen LogP contribution < -0.4 is 5.73 Å². The Bertz CT molecular complexity index is 467. The van der Waals surface area contributed by atoms with Crippen LogP contribution in [-0.4, -0.2) is 30.2 Å². The second-order valence-electron chi connectivity index (χ2n) is 4.42. The maximum atomic E-state index is 5.49. The summed E-state index contributed by atoms with van der Waals surface area (Å²) in [6, 6.07) is 12.0. The standard InChI is InChI=1S/C14H19N3O/c1-17(9-5-8-15)11-13-10-14(16-18-13)12-6-3-2-4-7-12/h2-4,6-7,10H,5,8-9,11,15H2,1H3. The number of hydrogen-bond acceptors (Lipinski definition) is 4. The van der Waals surface area contributed by atoms with Crippen molar-refractivity contribution in [1.82, 2.24) is 10.1 Å². The summed E-state index contributed by atoms with van der Waals surface area (Å²) in [5, 5.41) is 4.09. The van der Waals surface area contributed by atoms with Gasteiger partial charge in [0.2, 0.25) is 0 Å². The lowest BCUT2D eigenvalue weighted by Gasteiger charge is -2.13. The molecule has 0 saturated heterocycles. The Morgan fingerprint density at radius 3 is 2.78 bits per heavy atom. The van der Waals surface area contributed by atoms with Crippen molar-refractivity contribution < 1.29 is 4.52 Å². The minimum Gasteiger partial charge on any atom is -0.359 e. The highest BCUT2D eigenvalue weighted by atomic mass is 16.5. The van der Waals surface area contributed by atoms with Crippen LogP contribution in [0.5, 0.6) is 0 Å². The number of nitrogens with two attached hydrogens (primary N) is 1. The van der Waals surface area contributed by atoms with E-state index in [1.165, 1.54) is 0 Å². The van der Waals surface area contributed by atoms with Crippen LogP contribution in [0.4, 0.5) is 0 Å². The molecular weight excluding hydrogens is 226 g/mol. The fraction of sp³-hybridized carbons (Fsp3) is 0.357. The Labute approximate surface area is 107 Å². The van der Waals surface area contributed by atoms with Crippen LogP contribution in [0.1, 0.15) is 12.2 Å². The van der Waals surface area contributed by atoms with Crippen molar-refractivity contribution in [2.24, 2.45) is 5.73 Å². The van der Waals surface area contributed by atoms with Gasteiger partial charge < -0.3 is 10.3 Å². The van der Waals surface area contributed by atoms with Gasteiger partial charge in [-0.2, -0.15) is 0 Å². The maximum absolute atomic E-state index is 5.49. The van der Waals surface area contributed by atoms with Crippen LogP contribution in [0.25, 0.3) is 11.3 Å². The van der Waals surface area contributed by atoms with Crippen molar-refractivity contribution in [1.29, 1.82) is 0 Å². The van der Waals surface area contributed by atoms with Crippen molar-refractivity contribution in [3.8, 4) is 11.3 Å². The molecule has 0 fully saturated rings. The van der Waals surface area contributed by atoms with E-state index in [0.717, 1.165) is 43.1 Å². The highest BCUT2D eigenvalue weighted by molar-refractivity contribution is 5.58. The van der Waals surface area contributed by atoms with Gasteiger partial charge in [-0.1, -0.05) is 35.5 Å². The van der Waals surface area contributed by atoms with E-state index < -0.39 is 0 Å². The SMILES string of the molecule is CN(CCCN)Cc1cc(-c2ccccc2)no1. The van der Waals surface area contributed by atoms with E-state index in [9.17, 15) is 0 Å². The molecule has 0 spiro atoms. The van der Waals surface area contributed by atoms with Crippen LogP contribution in [-0.2, 0) is 6.54 Å². The zero-order valence-corrected chi connectivity index (χ0v) is 10.7. The Kier molecular flexibility index (Phi) is 4.50. The minimum atomic E-state index is 0.718. The predicted molar refractivity (Wildman–Crippen MR) is 71.9 cm³/mol. The molecule has 0 unspecified atom stereocenters. The Hall–Kier alpha value is -1.65. The topological polar surface area (TPSA) is 55.3 Å². The van der Waals surface area contributed by atoms with E-state index in [4.69, 9.17) is 10.3 Å². The van der Waals surface area contributed by atoms with Crippen molar-refractivity contribution in [3.63, 3.8) is 0 Å². The molecule has 1 aromatic carbocycles. The van der Waals surface area contributed by atoms with Gasteiger partial charge in [0, 0.05) is 11.6 Å². The van der Waals surface area contributed by atoms with Crippen LogP contribution in [0.2, 0.25) is 0 Å². The zero-order valence-electron chi connectivity index (χ0n) is 10.7. The summed E-state index contributed by atoms with van der Waals surface area (Å²) in [4.78, 5) is 2.18. The van der Waals surface area contributed by atoms with Crippen molar-refractivity contribution in [2.45, 2.75) is 13.0 Å². The molecule has 0 atom stereocenters. The highest BCUT2D eigenvalue weighted by Crippen LogP contribution is 2.19. The van der Waals surface area contributed by atoms with Gasteiger partial charge in [0.25, 0.3) is 0 Å². The summed E-state index contributed by atoms with van der Waals surface area (Å²) in [5.74, 6) is 0.883. The van der Waals surface area contributed by atoms with E-state index >= 15 is 0 Å². The van der Waals surface area contributed by atoms with Crippen molar-refractivity contribution in [2.75, 3.05) is 20.1 Å². The predicted octanol–water partition coefficient (Wildman–Crippen LogP) is 2.12. The smallest absolute Gasteiger partial charge is 0.151 e. The number of hydrogen-bond donors (Lipinski definition) is 1. The van der Waals surface area contributed by atoms with Gasteiger partial charge in [-0.05, 0) is 26.6 Å². The first-order valence-electron chi connectivity index (χ1n) is 6.19. The fourth-order valence-corrected chi connectivity index (χ4v) is 1.84. The Morgan fingerprint density at radius 2 is 2.06 bits per heavy atom. The monoisotopic (exact) mass is 245 g/mol. The van der Waals surface area contributed by atoms with Gasteiger partial charge in [0.1, 0.15) is 5.69 Å². The molecule has 2 N–H and O–H groups in total. The second kappa shape index (κ2) is 6.33. The average molecular weight is 245 g/mol. The maximum Gasteiger partial charge on any atom is 0.151 e. The molecule has 18 heavy (non-hydrogen) atoms. The molecule has 4 heteroatoms. The quantitative estimate of drug-likeness (QED) is 0.847. The summed E-state index contributed by atoms with van der Waals surface area (Å²) < 4.78 is 5.35. The summed E-state index contributed by atoms with van der Waals surface area (Å²) in [6.07, 6.45) is 0.996. The molecule has 0 saturated carbocycles. The molecular formula is C14H19N3O. The van der Waals surface area contributed by atoms with Gasteiger partial charge >= 0.3 is 0 Å². The number of nitrogens with zero attached hydrogens (tertiary/aromatic N) is 2. The lowest BCUT2D eigenvalue weighted by molar-refractivity contribution is 0.272. The molecule has 0 radical (unpaired) electrons. The molecule has 96 valence electrons. The third-order valence-electron chi connectivity index (χ3n) is 2.80. The number of aromatic nitrogens is 1. The van der Waals surface area contributed by atoms with Crippen LogP contribution in [0.15, 0.2) is 40.9 Å². The number of benzene rings is 1. The van der Waals surface area contributed by atoms with E-state index in [1.54, 1.807) is 0 Å². The van der Waals surface area contributed by atoms with E-state index in [0.29, 0.717) is 0 Å². The lowest BCUT2D eigenvalue weighted by Crippen LogP contribution is -2.21. The molecule has 2 rings (SSSR count). The first-order valence-corrected chi connectivity index (χ1v) is 6.19. The zero-order chi connectivity index (χ0) is 12.8. The van der Waals surface area contributed by atoms with Gasteiger partial charge in [0.05, 0.1) is 6.54 Å². The van der Waals surface area contributed by atoms with Gasteiger partial charge in [-0.15, -0.1) is 0 Å². The Morgan fingerprint density at radius 1 is 1.28 bits per heavy atom. The fourth-order valence-electron chi connectivity index (χ4n) is 1.84. The van der Waals surface area contributed by atoms with E-state index in [1.807, 2.05) is 36.4 Å². The first-order chi connectivity index (χ1) is 8.79. The van der Waals surface area contributed by atoms with Crippen molar-refractivity contribution in [3.05, 3.63) is 42.2 Å². The van der Waals surface area contributed by atoms with Crippen LogP contribution in [0.3, 0.4) is 0 Å². The van der Waals surface area contributed by atoms with Gasteiger partial charge in [-0.3, -0.25) is 4.90 Å². The van der Waals surface area contributed by atoms with E-state index in [2.05, 4.69) is 17.1 Å².